The van der Waals surface area contributed by atoms with Gasteiger partial charge in [0.15, 0.2) is 0 Å². The average Bonchev–Trinajstić information content (AvgIpc) is 2.27. The molecular formula is C10H19N3O2. The van der Waals surface area contributed by atoms with Gasteiger partial charge >= 0.3 is 0 Å². The molecule has 0 rings (SSSR count). The highest BCUT2D eigenvalue weighted by Crippen LogP contribution is 2.00. The Bertz CT molecular complexity index is 225. The van der Waals surface area contributed by atoms with Crippen molar-refractivity contribution in [2.24, 2.45) is 0 Å². The monoisotopic (exact) mass is 213 g/mol. The van der Waals surface area contributed by atoms with Gasteiger partial charge in [0.2, 0.25) is 5.91 Å². The third-order valence-corrected chi connectivity index (χ3v) is 2.27. The Balaban J connectivity index is 4.20. The lowest BCUT2D eigenvalue weighted by molar-refractivity contribution is -0.125. The van der Waals surface area contributed by atoms with Crippen molar-refractivity contribution in [3.05, 3.63) is 0 Å². The van der Waals surface area contributed by atoms with Crippen LogP contribution in [-0.2, 0) is 9.53 Å². The second kappa shape index (κ2) is 8.21. The molecule has 0 aliphatic rings. The van der Waals surface area contributed by atoms with Crippen LogP contribution in [-0.4, -0.2) is 50.7 Å². The van der Waals surface area contributed by atoms with E-state index in [1.165, 1.54) is 0 Å². The number of carbonyl (C=O) groups is 1. The first-order valence-electron chi connectivity index (χ1n) is 4.98. The fraction of sp³-hybridized carbons (Fsp3) is 0.800. The molecule has 5 heteroatoms. The largest absolute Gasteiger partial charge is 0.383 e. The highest BCUT2D eigenvalue weighted by atomic mass is 16.5. The first kappa shape index (κ1) is 13.9. The number of ether oxygens (including phenoxy) is 1. The Labute approximate surface area is 91.0 Å². The van der Waals surface area contributed by atoms with Crippen LogP contribution >= 0.6 is 0 Å². The lowest BCUT2D eigenvalue weighted by Gasteiger charge is -2.26. The molecule has 0 saturated carbocycles. The zero-order valence-corrected chi connectivity index (χ0v) is 9.62. The van der Waals surface area contributed by atoms with Gasteiger partial charge in [-0.15, -0.1) is 0 Å². The number of amides is 1. The van der Waals surface area contributed by atoms with Crippen molar-refractivity contribution in [3.63, 3.8) is 0 Å². The van der Waals surface area contributed by atoms with E-state index in [1.54, 1.807) is 14.2 Å². The molecule has 0 aromatic carbocycles. The minimum absolute atomic E-state index is 0.0379. The third kappa shape index (κ3) is 5.35. The van der Waals surface area contributed by atoms with Crippen LogP contribution in [0.15, 0.2) is 0 Å². The molecule has 86 valence electrons. The van der Waals surface area contributed by atoms with Gasteiger partial charge in [0.05, 0.1) is 18.7 Å². The predicted molar refractivity (Wildman–Crippen MR) is 57.2 cm³/mol. The summed E-state index contributed by atoms with van der Waals surface area (Å²) < 4.78 is 4.96. The van der Waals surface area contributed by atoms with Gasteiger partial charge in [-0.3, -0.25) is 9.69 Å². The van der Waals surface area contributed by atoms with Gasteiger partial charge in [-0.25, -0.2) is 0 Å². The Morgan fingerprint density at radius 1 is 1.60 bits per heavy atom. The van der Waals surface area contributed by atoms with Crippen LogP contribution in [0, 0.1) is 11.3 Å². The summed E-state index contributed by atoms with van der Waals surface area (Å²) in [6, 6.07) is 1.85. The molecule has 0 radical (unpaired) electrons. The zero-order valence-electron chi connectivity index (χ0n) is 9.62. The van der Waals surface area contributed by atoms with Crippen molar-refractivity contribution in [3.8, 4) is 6.07 Å². The summed E-state index contributed by atoms with van der Waals surface area (Å²) in [6.07, 6.45) is 0.422. The van der Waals surface area contributed by atoms with E-state index in [0.29, 0.717) is 26.1 Å². The number of hydrogen-bond acceptors (Lipinski definition) is 4. The molecule has 1 amide bonds. The van der Waals surface area contributed by atoms with Gasteiger partial charge in [0, 0.05) is 33.7 Å². The molecule has 0 saturated heterocycles. The maximum Gasteiger partial charge on any atom is 0.236 e. The summed E-state index contributed by atoms with van der Waals surface area (Å²) >= 11 is 0. The van der Waals surface area contributed by atoms with Crippen molar-refractivity contribution >= 4 is 5.91 Å². The van der Waals surface area contributed by atoms with Crippen LogP contribution in [0.3, 0.4) is 0 Å². The Morgan fingerprint density at radius 2 is 2.27 bits per heavy atom. The standard InChI is InChI=1S/C10H19N3O2/c1-9(10(14)12-2)13(6-4-5-11)7-8-15-3/h9H,4,6-8H2,1-3H3,(H,12,14). The van der Waals surface area contributed by atoms with Crippen LogP contribution in [0.2, 0.25) is 0 Å². The summed E-state index contributed by atoms with van der Waals surface area (Å²) in [5.74, 6) is -0.0379. The summed E-state index contributed by atoms with van der Waals surface area (Å²) in [5, 5.41) is 11.1. The van der Waals surface area contributed by atoms with Crippen LogP contribution in [0.5, 0.6) is 0 Å². The quantitative estimate of drug-likeness (QED) is 0.645. The molecule has 15 heavy (non-hydrogen) atoms. The first-order valence-corrected chi connectivity index (χ1v) is 4.98. The van der Waals surface area contributed by atoms with Gasteiger partial charge < -0.3 is 10.1 Å². The molecule has 1 N–H and O–H groups in total. The maximum atomic E-state index is 11.4. The van der Waals surface area contributed by atoms with E-state index in [9.17, 15) is 4.79 Å². The Hall–Kier alpha value is -1.12. The van der Waals surface area contributed by atoms with E-state index < -0.39 is 0 Å². The number of nitrogens with one attached hydrogen (secondary N) is 1. The molecule has 0 bridgehead atoms. The van der Waals surface area contributed by atoms with Crippen LogP contribution in [0.25, 0.3) is 0 Å². The van der Waals surface area contributed by atoms with Crippen LogP contribution < -0.4 is 5.32 Å². The maximum absolute atomic E-state index is 11.4. The fourth-order valence-corrected chi connectivity index (χ4v) is 1.28. The molecule has 1 unspecified atom stereocenters. The predicted octanol–water partition coefficient (Wildman–Crippen LogP) is -0.0170. The van der Waals surface area contributed by atoms with Crippen LogP contribution in [0.4, 0.5) is 0 Å². The van der Waals surface area contributed by atoms with E-state index in [2.05, 4.69) is 11.4 Å². The number of nitrogens with zero attached hydrogens (tertiary/aromatic N) is 2. The first-order chi connectivity index (χ1) is 7.17. The molecule has 0 aliphatic carbocycles. The average molecular weight is 213 g/mol. The smallest absolute Gasteiger partial charge is 0.236 e. The number of nitriles is 1. The molecule has 1 atom stereocenters. The normalized spacial score (nSPS) is 12.2. The van der Waals surface area contributed by atoms with Gasteiger partial charge in [-0.05, 0) is 6.92 Å². The zero-order chi connectivity index (χ0) is 11.7. The molecule has 0 aliphatic heterocycles. The number of rotatable bonds is 7. The molecule has 5 nitrogen and oxygen atoms in total. The van der Waals surface area contributed by atoms with Gasteiger partial charge in [-0.2, -0.15) is 5.26 Å². The number of likely N-dealkylation sites (N-methyl/N-ethyl adjacent to an activating group) is 1. The highest BCUT2D eigenvalue weighted by molar-refractivity contribution is 5.80. The second-order valence-electron chi connectivity index (χ2n) is 3.23. The summed E-state index contributed by atoms with van der Waals surface area (Å²) in [4.78, 5) is 13.3. The van der Waals surface area contributed by atoms with E-state index in [4.69, 9.17) is 10.00 Å². The molecule has 0 heterocycles. The topological polar surface area (TPSA) is 65.4 Å². The van der Waals surface area contributed by atoms with Gasteiger partial charge in [0.25, 0.3) is 0 Å². The Kier molecular flexibility index (Phi) is 7.60. The highest BCUT2D eigenvalue weighted by Gasteiger charge is 2.19. The Morgan fingerprint density at radius 3 is 2.73 bits per heavy atom. The molecular weight excluding hydrogens is 194 g/mol. The molecule has 0 fully saturated rings. The van der Waals surface area contributed by atoms with Gasteiger partial charge in [-0.1, -0.05) is 0 Å². The van der Waals surface area contributed by atoms with Gasteiger partial charge in [0.1, 0.15) is 0 Å². The third-order valence-electron chi connectivity index (χ3n) is 2.27. The summed E-state index contributed by atoms with van der Waals surface area (Å²) in [5.41, 5.74) is 0. The van der Waals surface area contributed by atoms with Crippen LogP contribution in [0.1, 0.15) is 13.3 Å². The minimum Gasteiger partial charge on any atom is -0.383 e. The lowest BCUT2D eigenvalue weighted by Crippen LogP contribution is -2.45. The number of carbonyl (C=O) groups excluding carboxylic acids is 1. The van der Waals surface area contributed by atoms with E-state index in [-0.39, 0.29) is 11.9 Å². The van der Waals surface area contributed by atoms with Crippen molar-refractivity contribution in [1.82, 2.24) is 10.2 Å². The number of hydrogen-bond donors (Lipinski definition) is 1. The molecule has 0 spiro atoms. The van der Waals surface area contributed by atoms with E-state index >= 15 is 0 Å². The fourth-order valence-electron chi connectivity index (χ4n) is 1.28. The summed E-state index contributed by atoms with van der Waals surface area (Å²) in [6.45, 7) is 3.64. The minimum atomic E-state index is -0.224. The molecule has 0 aromatic heterocycles. The SMILES string of the molecule is CNC(=O)C(C)N(CCC#N)CCOC. The van der Waals surface area contributed by atoms with Crippen molar-refractivity contribution < 1.29 is 9.53 Å². The van der Waals surface area contributed by atoms with E-state index in [0.717, 1.165) is 0 Å². The van der Waals surface area contributed by atoms with Crippen molar-refractivity contribution in [2.45, 2.75) is 19.4 Å². The summed E-state index contributed by atoms with van der Waals surface area (Å²) in [7, 11) is 3.23. The van der Waals surface area contributed by atoms with Crippen molar-refractivity contribution in [2.75, 3.05) is 33.9 Å². The second-order valence-corrected chi connectivity index (χ2v) is 3.23. The number of methoxy groups -OCH3 is 1. The van der Waals surface area contributed by atoms with E-state index in [1.807, 2.05) is 11.8 Å². The van der Waals surface area contributed by atoms with Crippen molar-refractivity contribution in [1.29, 1.82) is 5.26 Å². The lowest BCUT2D eigenvalue weighted by atomic mass is 10.2. The molecule has 0 aromatic rings.